The van der Waals surface area contributed by atoms with Crippen molar-refractivity contribution in [2.24, 2.45) is 0 Å². The van der Waals surface area contributed by atoms with Crippen molar-refractivity contribution in [2.45, 2.75) is 6.54 Å². The maximum absolute atomic E-state index is 12.2. The van der Waals surface area contributed by atoms with Crippen molar-refractivity contribution in [1.29, 1.82) is 0 Å². The van der Waals surface area contributed by atoms with Crippen LogP contribution in [0.25, 0.3) is 11.4 Å². The number of fused-ring (bicyclic) bond motifs is 1. The number of nitrogens with zero attached hydrogens (tertiary/aromatic N) is 2. The molecule has 0 atom stereocenters. The van der Waals surface area contributed by atoms with E-state index in [0.29, 0.717) is 33.5 Å². The van der Waals surface area contributed by atoms with E-state index >= 15 is 0 Å². The van der Waals surface area contributed by atoms with Crippen molar-refractivity contribution in [3.05, 3.63) is 58.9 Å². The van der Waals surface area contributed by atoms with E-state index in [-0.39, 0.29) is 25.1 Å². The lowest BCUT2D eigenvalue weighted by molar-refractivity contribution is 0.0946. The Morgan fingerprint density at radius 3 is 2.88 bits per heavy atom. The van der Waals surface area contributed by atoms with Crippen molar-refractivity contribution in [3.8, 4) is 22.9 Å². The topological polar surface area (TPSA) is 86.5 Å². The van der Waals surface area contributed by atoms with Gasteiger partial charge in [-0.15, -0.1) is 0 Å². The molecular weight excluding hydrogens is 346 g/mol. The number of benzene rings is 2. The van der Waals surface area contributed by atoms with Crippen LogP contribution in [0.2, 0.25) is 5.02 Å². The Hall–Kier alpha value is -3.06. The summed E-state index contributed by atoms with van der Waals surface area (Å²) in [5, 5.41) is 7.14. The number of carbonyl (C=O) groups is 1. The first kappa shape index (κ1) is 15.5. The van der Waals surface area contributed by atoms with E-state index in [1.807, 2.05) is 12.1 Å². The lowest BCUT2D eigenvalue weighted by atomic mass is 10.2. The van der Waals surface area contributed by atoms with Gasteiger partial charge in [-0.2, -0.15) is 4.98 Å². The minimum atomic E-state index is -0.282. The normalized spacial score (nSPS) is 12.2. The summed E-state index contributed by atoms with van der Waals surface area (Å²) in [6.07, 6.45) is 0. The fraction of sp³-hybridized carbons (Fsp3) is 0.118. The number of carbonyl (C=O) groups excluding carboxylic acids is 1. The van der Waals surface area contributed by atoms with E-state index in [4.69, 9.17) is 25.6 Å². The molecule has 1 aliphatic heterocycles. The van der Waals surface area contributed by atoms with Crippen molar-refractivity contribution < 1.29 is 18.8 Å². The molecular formula is C17H12ClN3O4. The molecule has 25 heavy (non-hydrogen) atoms. The van der Waals surface area contributed by atoms with Crippen molar-refractivity contribution in [1.82, 2.24) is 15.5 Å². The van der Waals surface area contributed by atoms with Gasteiger partial charge in [-0.05, 0) is 30.3 Å². The smallest absolute Gasteiger partial charge is 0.251 e. The van der Waals surface area contributed by atoms with Gasteiger partial charge in [0.1, 0.15) is 0 Å². The lowest BCUT2D eigenvalue weighted by Gasteiger charge is -2.03. The Kier molecular flexibility index (Phi) is 3.99. The predicted octanol–water partition coefficient (Wildman–Crippen LogP) is 3.05. The first-order valence-corrected chi connectivity index (χ1v) is 7.84. The Balaban J connectivity index is 1.43. The lowest BCUT2D eigenvalue weighted by Crippen LogP contribution is -2.22. The summed E-state index contributed by atoms with van der Waals surface area (Å²) in [6.45, 7) is 0.262. The second-order valence-electron chi connectivity index (χ2n) is 5.24. The maximum atomic E-state index is 12.2. The van der Waals surface area contributed by atoms with Gasteiger partial charge < -0.3 is 19.3 Å². The summed E-state index contributed by atoms with van der Waals surface area (Å²) in [4.78, 5) is 16.5. The average molecular weight is 358 g/mol. The third-order valence-electron chi connectivity index (χ3n) is 3.62. The van der Waals surface area contributed by atoms with Crippen LogP contribution >= 0.6 is 11.6 Å². The summed E-state index contributed by atoms with van der Waals surface area (Å²) in [7, 11) is 0. The molecule has 0 spiro atoms. The van der Waals surface area contributed by atoms with E-state index in [1.54, 1.807) is 30.3 Å². The molecule has 3 aromatic rings. The number of amides is 1. The quantitative estimate of drug-likeness (QED) is 0.772. The van der Waals surface area contributed by atoms with Gasteiger partial charge in [0.2, 0.25) is 18.5 Å². The van der Waals surface area contributed by atoms with Crippen LogP contribution in [0.15, 0.2) is 47.0 Å². The van der Waals surface area contributed by atoms with Crippen LogP contribution in [0.4, 0.5) is 0 Å². The van der Waals surface area contributed by atoms with Gasteiger partial charge in [-0.1, -0.05) is 28.9 Å². The molecule has 2 aromatic carbocycles. The fourth-order valence-corrected chi connectivity index (χ4v) is 2.59. The molecule has 4 rings (SSSR count). The summed E-state index contributed by atoms with van der Waals surface area (Å²) in [5.74, 6) is 1.54. The summed E-state index contributed by atoms with van der Waals surface area (Å²) >= 11 is 6.11. The Morgan fingerprint density at radius 2 is 2.00 bits per heavy atom. The van der Waals surface area contributed by atoms with Crippen LogP contribution in [0.1, 0.15) is 16.2 Å². The second kappa shape index (κ2) is 6.45. The van der Waals surface area contributed by atoms with E-state index < -0.39 is 0 Å². The van der Waals surface area contributed by atoms with Gasteiger partial charge in [0, 0.05) is 11.1 Å². The number of ether oxygens (including phenoxy) is 2. The van der Waals surface area contributed by atoms with E-state index in [9.17, 15) is 4.79 Å². The molecule has 1 amide bonds. The highest BCUT2D eigenvalue weighted by Gasteiger charge is 2.17. The van der Waals surface area contributed by atoms with Crippen molar-refractivity contribution >= 4 is 17.5 Å². The van der Waals surface area contributed by atoms with Gasteiger partial charge >= 0.3 is 0 Å². The number of nitrogens with one attached hydrogen (secondary N) is 1. The van der Waals surface area contributed by atoms with Crippen molar-refractivity contribution in [3.63, 3.8) is 0 Å². The summed E-state index contributed by atoms with van der Waals surface area (Å²) in [6, 6.07) is 12.2. The third kappa shape index (κ3) is 3.14. The molecule has 8 heteroatoms. The molecule has 0 saturated heterocycles. The van der Waals surface area contributed by atoms with Gasteiger partial charge in [0.05, 0.1) is 11.6 Å². The zero-order valence-electron chi connectivity index (χ0n) is 12.9. The highest BCUT2D eigenvalue weighted by molar-refractivity contribution is 6.33. The third-order valence-corrected chi connectivity index (χ3v) is 3.95. The molecule has 0 saturated carbocycles. The largest absolute Gasteiger partial charge is 0.454 e. The zero-order valence-corrected chi connectivity index (χ0v) is 13.6. The Morgan fingerprint density at radius 1 is 1.16 bits per heavy atom. The fourth-order valence-electron chi connectivity index (χ4n) is 2.37. The molecule has 1 aromatic heterocycles. The van der Waals surface area contributed by atoms with Gasteiger partial charge in [-0.25, -0.2) is 0 Å². The molecule has 126 valence electrons. The molecule has 1 N–H and O–H groups in total. The van der Waals surface area contributed by atoms with Crippen LogP contribution in [0, 0.1) is 0 Å². The SMILES string of the molecule is O=C(NCc1nc(-c2ccccc2Cl)no1)c1ccc2c(c1)OCO2. The van der Waals surface area contributed by atoms with E-state index in [2.05, 4.69) is 15.5 Å². The van der Waals surface area contributed by atoms with Gasteiger partial charge in [-0.3, -0.25) is 4.79 Å². The molecule has 2 heterocycles. The monoisotopic (exact) mass is 357 g/mol. The Bertz CT molecular complexity index is 941. The number of aromatic nitrogens is 2. The summed E-state index contributed by atoms with van der Waals surface area (Å²) < 4.78 is 15.6. The number of rotatable bonds is 4. The molecule has 0 bridgehead atoms. The Labute approximate surface area is 147 Å². The van der Waals surface area contributed by atoms with E-state index in [1.165, 1.54) is 0 Å². The summed E-state index contributed by atoms with van der Waals surface area (Å²) in [5.41, 5.74) is 1.12. The minimum Gasteiger partial charge on any atom is -0.454 e. The minimum absolute atomic E-state index is 0.102. The zero-order chi connectivity index (χ0) is 17.2. The first-order valence-electron chi connectivity index (χ1n) is 7.46. The van der Waals surface area contributed by atoms with Crippen LogP contribution in [0.3, 0.4) is 0 Å². The molecule has 0 radical (unpaired) electrons. The predicted molar refractivity (Wildman–Crippen MR) is 88.5 cm³/mol. The maximum Gasteiger partial charge on any atom is 0.251 e. The number of hydrogen-bond donors (Lipinski definition) is 1. The van der Waals surface area contributed by atoms with Crippen LogP contribution < -0.4 is 14.8 Å². The molecule has 0 fully saturated rings. The standard InChI is InChI=1S/C17H12ClN3O4/c18-12-4-2-1-3-11(12)16-20-15(25-21-16)8-19-17(22)10-5-6-13-14(7-10)24-9-23-13/h1-7H,8-9H2,(H,19,22). The number of hydrogen-bond acceptors (Lipinski definition) is 6. The highest BCUT2D eigenvalue weighted by Crippen LogP contribution is 2.32. The van der Waals surface area contributed by atoms with Crippen LogP contribution in [-0.4, -0.2) is 22.8 Å². The van der Waals surface area contributed by atoms with E-state index in [0.717, 1.165) is 0 Å². The highest BCUT2D eigenvalue weighted by atomic mass is 35.5. The first-order chi connectivity index (χ1) is 12.2. The molecule has 0 unspecified atom stereocenters. The van der Waals surface area contributed by atoms with Crippen LogP contribution in [-0.2, 0) is 6.54 Å². The molecule has 7 nitrogen and oxygen atoms in total. The average Bonchev–Trinajstić information content (AvgIpc) is 3.28. The van der Waals surface area contributed by atoms with Gasteiger partial charge in [0.15, 0.2) is 11.5 Å². The second-order valence-corrected chi connectivity index (χ2v) is 5.65. The van der Waals surface area contributed by atoms with Gasteiger partial charge in [0.25, 0.3) is 5.91 Å². The van der Waals surface area contributed by atoms with Crippen molar-refractivity contribution in [2.75, 3.05) is 6.79 Å². The van der Waals surface area contributed by atoms with Crippen LogP contribution in [0.5, 0.6) is 11.5 Å². The number of halogens is 1. The molecule has 1 aliphatic rings. The molecule has 0 aliphatic carbocycles.